The van der Waals surface area contributed by atoms with Crippen LogP contribution in [-0.4, -0.2) is 12.8 Å². The first-order valence-electron chi connectivity index (χ1n) is 4.68. The van der Waals surface area contributed by atoms with Crippen LogP contribution in [0.3, 0.4) is 0 Å². The summed E-state index contributed by atoms with van der Waals surface area (Å²) in [7, 11) is 0. The molecular weight excluding hydrogens is 281 g/mol. The lowest BCUT2D eigenvalue weighted by molar-refractivity contribution is -0.275. The van der Waals surface area contributed by atoms with E-state index in [4.69, 9.17) is 5.73 Å². The van der Waals surface area contributed by atoms with Crippen molar-refractivity contribution in [1.29, 1.82) is 0 Å². The van der Waals surface area contributed by atoms with Crippen LogP contribution < -0.4 is 10.5 Å². The maximum atomic E-state index is 12.1. The van der Waals surface area contributed by atoms with Gasteiger partial charge in [-0.05, 0) is 6.07 Å². The van der Waals surface area contributed by atoms with Gasteiger partial charge in [0.15, 0.2) is 0 Å². The Morgan fingerprint density at radius 2 is 1.72 bits per heavy atom. The van der Waals surface area contributed by atoms with E-state index in [9.17, 15) is 22.0 Å². The highest BCUT2D eigenvalue weighted by atomic mass is 35.5. The number of benzene rings is 1. The van der Waals surface area contributed by atoms with Gasteiger partial charge in [-0.1, -0.05) is 18.2 Å². The molecule has 1 aromatic rings. The standard InChI is InChI=1S/C10H10F5NO.ClH/c11-9(12)5-7(16)6-3-1-2-4-8(6)17-10(13,14)15;/h1-4,7,9H,5,16H2;1H/t7-;/m1./s1. The van der Waals surface area contributed by atoms with E-state index >= 15 is 0 Å². The Labute approximate surface area is 106 Å². The fourth-order valence-corrected chi connectivity index (χ4v) is 1.32. The number of halogens is 6. The second-order valence-corrected chi connectivity index (χ2v) is 3.32. The number of ether oxygens (including phenoxy) is 1. The van der Waals surface area contributed by atoms with Gasteiger partial charge in [-0.15, -0.1) is 25.6 Å². The van der Waals surface area contributed by atoms with E-state index in [-0.39, 0.29) is 18.0 Å². The maximum absolute atomic E-state index is 12.1. The molecule has 2 N–H and O–H groups in total. The molecule has 0 aliphatic heterocycles. The zero-order chi connectivity index (χ0) is 13.1. The Bertz CT molecular complexity index is 372. The van der Waals surface area contributed by atoms with Crippen molar-refractivity contribution >= 4 is 12.4 Å². The van der Waals surface area contributed by atoms with Gasteiger partial charge >= 0.3 is 6.36 Å². The molecule has 18 heavy (non-hydrogen) atoms. The van der Waals surface area contributed by atoms with E-state index in [0.717, 1.165) is 6.07 Å². The van der Waals surface area contributed by atoms with Crippen molar-refractivity contribution in [3.63, 3.8) is 0 Å². The molecule has 1 aromatic carbocycles. The zero-order valence-electron chi connectivity index (χ0n) is 8.95. The van der Waals surface area contributed by atoms with Gasteiger partial charge in [0.2, 0.25) is 6.43 Å². The lowest BCUT2D eigenvalue weighted by Gasteiger charge is -2.17. The Morgan fingerprint density at radius 1 is 1.17 bits per heavy atom. The first-order chi connectivity index (χ1) is 7.79. The Hall–Kier alpha value is -1.08. The van der Waals surface area contributed by atoms with Crippen molar-refractivity contribution in [2.24, 2.45) is 5.73 Å². The van der Waals surface area contributed by atoms with Crippen molar-refractivity contribution in [1.82, 2.24) is 0 Å². The number of nitrogens with two attached hydrogens (primary N) is 1. The summed E-state index contributed by atoms with van der Waals surface area (Å²) in [5.41, 5.74) is 5.30. The smallest absolute Gasteiger partial charge is 0.405 e. The van der Waals surface area contributed by atoms with Crippen LogP contribution in [0.5, 0.6) is 5.75 Å². The molecule has 104 valence electrons. The molecule has 0 aliphatic carbocycles. The predicted octanol–water partition coefficient (Wildman–Crippen LogP) is 3.66. The van der Waals surface area contributed by atoms with Gasteiger partial charge in [-0.3, -0.25) is 0 Å². The summed E-state index contributed by atoms with van der Waals surface area (Å²) in [5.74, 6) is -0.548. The minimum atomic E-state index is -4.87. The zero-order valence-corrected chi connectivity index (χ0v) is 9.77. The summed E-state index contributed by atoms with van der Waals surface area (Å²) in [6.45, 7) is 0. The Balaban J connectivity index is 0.00000289. The molecule has 0 saturated heterocycles. The van der Waals surface area contributed by atoms with Crippen LogP contribution in [0.1, 0.15) is 18.0 Å². The summed E-state index contributed by atoms with van der Waals surface area (Å²) < 4.78 is 64.0. The molecule has 0 bridgehead atoms. The molecular formula is C10H11ClF5NO. The molecule has 0 aliphatic rings. The van der Waals surface area contributed by atoms with E-state index in [1.807, 2.05) is 0 Å². The second kappa shape index (κ2) is 6.75. The molecule has 0 fully saturated rings. The average molecular weight is 292 g/mol. The van der Waals surface area contributed by atoms with Crippen LogP contribution in [0, 0.1) is 0 Å². The lowest BCUT2D eigenvalue weighted by Crippen LogP contribution is -2.21. The van der Waals surface area contributed by atoms with Crippen LogP contribution in [-0.2, 0) is 0 Å². The van der Waals surface area contributed by atoms with Crippen molar-refractivity contribution in [2.45, 2.75) is 25.3 Å². The minimum Gasteiger partial charge on any atom is -0.405 e. The fourth-order valence-electron chi connectivity index (χ4n) is 1.32. The van der Waals surface area contributed by atoms with E-state index in [1.54, 1.807) is 0 Å². The Kier molecular flexibility index (Phi) is 6.34. The van der Waals surface area contributed by atoms with Crippen LogP contribution >= 0.6 is 12.4 Å². The van der Waals surface area contributed by atoms with E-state index in [2.05, 4.69) is 4.74 Å². The van der Waals surface area contributed by atoms with Gasteiger partial charge in [-0.2, -0.15) is 0 Å². The summed E-state index contributed by atoms with van der Waals surface area (Å²) in [6.07, 6.45) is -8.29. The number of hydrogen-bond donors (Lipinski definition) is 1. The highest BCUT2D eigenvalue weighted by Gasteiger charge is 2.32. The lowest BCUT2D eigenvalue weighted by atomic mass is 10.0. The molecule has 1 atom stereocenters. The molecule has 0 radical (unpaired) electrons. The first-order valence-corrected chi connectivity index (χ1v) is 4.68. The second-order valence-electron chi connectivity index (χ2n) is 3.32. The summed E-state index contributed by atoms with van der Waals surface area (Å²) in [5, 5.41) is 0. The molecule has 0 aromatic heterocycles. The van der Waals surface area contributed by atoms with Gasteiger partial charge in [0.05, 0.1) is 0 Å². The van der Waals surface area contributed by atoms with Crippen molar-refractivity contribution in [3.05, 3.63) is 29.8 Å². The molecule has 8 heteroatoms. The number of alkyl halides is 5. The van der Waals surface area contributed by atoms with Gasteiger partial charge < -0.3 is 10.5 Å². The maximum Gasteiger partial charge on any atom is 0.573 e. The highest BCUT2D eigenvalue weighted by molar-refractivity contribution is 5.85. The SMILES string of the molecule is Cl.N[C@H](CC(F)F)c1ccccc1OC(F)(F)F. The molecule has 0 amide bonds. The van der Waals surface area contributed by atoms with E-state index in [0.29, 0.717) is 0 Å². The monoisotopic (exact) mass is 291 g/mol. The summed E-state index contributed by atoms with van der Waals surface area (Å²) in [4.78, 5) is 0. The van der Waals surface area contributed by atoms with Crippen LogP contribution in [0.4, 0.5) is 22.0 Å². The highest BCUT2D eigenvalue weighted by Crippen LogP contribution is 2.31. The predicted molar refractivity (Wildman–Crippen MR) is 57.9 cm³/mol. The van der Waals surface area contributed by atoms with Gasteiger partial charge in [0.1, 0.15) is 5.75 Å². The molecule has 0 saturated carbocycles. The summed E-state index contributed by atoms with van der Waals surface area (Å²) in [6, 6.07) is 3.78. The van der Waals surface area contributed by atoms with Gasteiger partial charge in [-0.25, -0.2) is 8.78 Å². The van der Waals surface area contributed by atoms with Crippen LogP contribution in [0.2, 0.25) is 0 Å². The third-order valence-electron chi connectivity index (χ3n) is 1.98. The molecule has 1 rings (SSSR count). The van der Waals surface area contributed by atoms with Crippen molar-refractivity contribution < 1.29 is 26.7 Å². The molecule has 0 heterocycles. The van der Waals surface area contributed by atoms with E-state index < -0.39 is 31.0 Å². The average Bonchev–Trinajstić information content (AvgIpc) is 2.14. The number of hydrogen-bond acceptors (Lipinski definition) is 2. The van der Waals surface area contributed by atoms with Crippen molar-refractivity contribution in [2.75, 3.05) is 0 Å². The summed E-state index contributed by atoms with van der Waals surface area (Å²) >= 11 is 0. The van der Waals surface area contributed by atoms with Crippen LogP contribution in [0.15, 0.2) is 24.3 Å². The third kappa shape index (κ3) is 5.50. The normalized spacial score (nSPS) is 13.1. The van der Waals surface area contributed by atoms with E-state index in [1.165, 1.54) is 18.2 Å². The largest absolute Gasteiger partial charge is 0.573 e. The van der Waals surface area contributed by atoms with Gasteiger partial charge in [0.25, 0.3) is 0 Å². The molecule has 2 nitrogen and oxygen atoms in total. The molecule has 0 unspecified atom stereocenters. The van der Waals surface area contributed by atoms with Gasteiger partial charge in [0, 0.05) is 18.0 Å². The topological polar surface area (TPSA) is 35.2 Å². The number of rotatable bonds is 4. The third-order valence-corrected chi connectivity index (χ3v) is 1.98. The molecule has 0 spiro atoms. The Morgan fingerprint density at radius 3 is 2.22 bits per heavy atom. The minimum absolute atomic E-state index is 0. The number of para-hydroxylation sites is 1. The van der Waals surface area contributed by atoms with Crippen LogP contribution in [0.25, 0.3) is 0 Å². The van der Waals surface area contributed by atoms with Crippen molar-refractivity contribution in [3.8, 4) is 5.75 Å². The quantitative estimate of drug-likeness (QED) is 0.859. The first kappa shape index (κ1) is 16.9. The fraction of sp³-hybridized carbons (Fsp3) is 0.400.